The minimum Gasteiger partial charge on any atom is -0.267 e. The van der Waals surface area contributed by atoms with Crippen molar-refractivity contribution in [3.8, 4) is 0 Å². The summed E-state index contributed by atoms with van der Waals surface area (Å²) >= 11 is 0. The molecule has 1 amide bonds. The Balaban J connectivity index is 4.15. The third-order valence-electron chi connectivity index (χ3n) is 1.97. The Bertz CT molecular complexity index is 198. The van der Waals surface area contributed by atoms with Crippen LogP contribution in [0.1, 0.15) is 40.0 Å². The van der Waals surface area contributed by atoms with Gasteiger partial charge in [-0.15, -0.1) is 0 Å². The zero-order valence-corrected chi connectivity index (χ0v) is 10.1. The topological polar surface area (TPSA) is 44.4 Å². The van der Waals surface area contributed by atoms with Crippen LogP contribution in [-0.2, 0) is 4.79 Å². The van der Waals surface area contributed by atoms with Gasteiger partial charge in [-0.25, -0.2) is 16.0 Å². The van der Waals surface area contributed by atoms with Crippen molar-refractivity contribution >= 4 is 5.91 Å². The van der Waals surface area contributed by atoms with Crippen molar-refractivity contribution in [3.05, 3.63) is 12.2 Å². The quantitative estimate of drug-likeness (QED) is 0.475. The van der Waals surface area contributed by atoms with Crippen LogP contribution in [-0.4, -0.2) is 24.1 Å². The lowest BCUT2D eigenvalue weighted by Crippen LogP contribution is -2.52. The second-order valence-corrected chi connectivity index (χ2v) is 3.37. The predicted molar refractivity (Wildman–Crippen MR) is 62.9 cm³/mol. The molecule has 15 heavy (non-hydrogen) atoms. The Hall–Kier alpha value is -0.870. The largest absolute Gasteiger partial charge is 0.278 e. The standard InChI is InChI=1S/C11H23N3O/c1-5-8-9-10(4)11(15)14(12-6-2)13-7-3/h12-13H,4-9H2,1-3H3. The summed E-state index contributed by atoms with van der Waals surface area (Å²) in [4.78, 5) is 11.8. The summed E-state index contributed by atoms with van der Waals surface area (Å²) in [6.45, 7) is 11.2. The van der Waals surface area contributed by atoms with E-state index in [1.807, 2.05) is 13.8 Å². The van der Waals surface area contributed by atoms with Gasteiger partial charge in [0.2, 0.25) is 0 Å². The third-order valence-corrected chi connectivity index (χ3v) is 1.97. The molecule has 0 aromatic rings. The van der Waals surface area contributed by atoms with Gasteiger partial charge in [-0.2, -0.15) is 0 Å². The monoisotopic (exact) mass is 213 g/mol. The SMILES string of the molecule is C=C(CCCC)C(=O)N(NCC)NCC. The zero-order chi connectivity index (χ0) is 11.7. The molecule has 88 valence electrons. The highest BCUT2D eigenvalue weighted by atomic mass is 16.2. The zero-order valence-electron chi connectivity index (χ0n) is 10.1. The molecule has 0 fully saturated rings. The molecular formula is C11H23N3O. The number of rotatable bonds is 8. The second-order valence-electron chi connectivity index (χ2n) is 3.37. The van der Waals surface area contributed by atoms with Gasteiger partial charge in [0.25, 0.3) is 5.91 Å². The van der Waals surface area contributed by atoms with Crippen LogP contribution in [0.2, 0.25) is 0 Å². The first-order valence-electron chi connectivity index (χ1n) is 5.66. The number of hydrazine groups is 2. The van der Waals surface area contributed by atoms with Crippen LogP contribution in [0, 0.1) is 0 Å². The van der Waals surface area contributed by atoms with Gasteiger partial charge in [-0.1, -0.05) is 33.8 Å². The number of unbranched alkanes of at least 4 members (excludes halogenated alkanes) is 1. The smallest absolute Gasteiger partial charge is 0.267 e. The Kier molecular flexibility index (Phi) is 7.95. The number of nitrogens with zero attached hydrogens (tertiary/aromatic N) is 1. The van der Waals surface area contributed by atoms with Crippen LogP contribution in [0.25, 0.3) is 0 Å². The van der Waals surface area contributed by atoms with E-state index >= 15 is 0 Å². The van der Waals surface area contributed by atoms with E-state index in [9.17, 15) is 4.79 Å². The average molecular weight is 213 g/mol. The van der Waals surface area contributed by atoms with Gasteiger partial charge in [-0.3, -0.25) is 4.79 Å². The Morgan fingerprint density at radius 2 is 1.73 bits per heavy atom. The summed E-state index contributed by atoms with van der Waals surface area (Å²) in [6.07, 6.45) is 2.86. The summed E-state index contributed by atoms with van der Waals surface area (Å²) in [5.41, 5.74) is 6.56. The van der Waals surface area contributed by atoms with Crippen LogP contribution >= 0.6 is 0 Å². The maximum absolute atomic E-state index is 11.8. The van der Waals surface area contributed by atoms with Gasteiger partial charge >= 0.3 is 0 Å². The van der Waals surface area contributed by atoms with Crippen LogP contribution in [0.5, 0.6) is 0 Å². The molecule has 0 aliphatic carbocycles. The highest BCUT2D eigenvalue weighted by Gasteiger charge is 2.14. The van der Waals surface area contributed by atoms with E-state index in [0.717, 1.165) is 19.3 Å². The average Bonchev–Trinajstić information content (AvgIpc) is 2.24. The van der Waals surface area contributed by atoms with Crippen molar-refractivity contribution in [2.24, 2.45) is 0 Å². The summed E-state index contributed by atoms with van der Waals surface area (Å²) in [5, 5.41) is 1.43. The van der Waals surface area contributed by atoms with E-state index in [-0.39, 0.29) is 5.91 Å². The van der Waals surface area contributed by atoms with Crippen molar-refractivity contribution in [1.29, 1.82) is 0 Å². The number of carbonyl (C=O) groups excluding carboxylic acids is 1. The number of nitrogens with one attached hydrogen (secondary N) is 2. The molecule has 0 aromatic heterocycles. The Morgan fingerprint density at radius 3 is 2.13 bits per heavy atom. The molecule has 4 nitrogen and oxygen atoms in total. The molecule has 0 bridgehead atoms. The molecule has 0 saturated heterocycles. The van der Waals surface area contributed by atoms with Crippen molar-refractivity contribution in [2.45, 2.75) is 40.0 Å². The van der Waals surface area contributed by atoms with Crippen LogP contribution in [0.3, 0.4) is 0 Å². The van der Waals surface area contributed by atoms with Gasteiger partial charge in [-0.05, 0) is 12.8 Å². The number of amides is 1. The minimum absolute atomic E-state index is 0.0628. The van der Waals surface area contributed by atoms with E-state index in [1.54, 1.807) is 0 Å². The third kappa shape index (κ3) is 5.54. The number of hydrogen-bond donors (Lipinski definition) is 2. The predicted octanol–water partition coefficient (Wildman–Crippen LogP) is 1.61. The summed E-state index contributed by atoms with van der Waals surface area (Å²) in [7, 11) is 0. The highest BCUT2D eigenvalue weighted by Crippen LogP contribution is 2.06. The van der Waals surface area contributed by atoms with E-state index in [1.165, 1.54) is 5.12 Å². The van der Waals surface area contributed by atoms with Crippen LogP contribution in [0.4, 0.5) is 0 Å². The Morgan fingerprint density at radius 1 is 1.20 bits per heavy atom. The molecule has 0 aliphatic heterocycles. The van der Waals surface area contributed by atoms with E-state index in [0.29, 0.717) is 18.7 Å². The van der Waals surface area contributed by atoms with Gasteiger partial charge in [0.15, 0.2) is 0 Å². The molecule has 0 spiro atoms. The first-order chi connectivity index (χ1) is 7.17. The molecule has 0 aromatic carbocycles. The van der Waals surface area contributed by atoms with Gasteiger partial charge in [0.1, 0.15) is 0 Å². The first kappa shape index (κ1) is 14.1. The molecular weight excluding hydrogens is 190 g/mol. The van der Waals surface area contributed by atoms with Crippen molar-refractivity contribution in [3.63, 3.8) is 0 Å². The lowest BCUT2D eigenvalue weighted by Gasteiger charge is -2.23. The molecule has 0 radical (unpaired) electrons. The van der Waals surface area contributed by atoms with Gasteiger partial charge < -0.3 is 0 Å². The highest BCUT2D eigenvalue weighted by molar-refractivity contribution is 5.92. The summed E-state index contributed by atoms with van der Waals surface area (Å²) in [6, 6.07) is 0. The number of carbonyl (C=O) groups is 1. The van der Waals surface area contributed by atoms with E-state index in [2.05, 4.69) is 24.4 Å². The number of hydrogen-bond acceptors (Lipinski definition) is 3. The van der Waals surface area contributed by atoms with E-state index in [4.69, 9.17) is 0 Å². The molecule has 0 atom stereocenters. The fourth-order valence-electron chi connectivity index (χ4n) is 1.17. The van der Waals surface area contributed by atoms with Crippen molar-refractivity contribution in [1.82, 2.24) is 16.0 Å². The summed E-state index contributed by atoms with van der Waals surface area (Å²) < 4.78 is 0. The molecule has 0 saturated carbocycles. The fraction of sp³-hybridized carbons (Fsp3) is 0.727. The van der Waals surface area contributed by atoms with E-state index < -0.39 is 0 Å². The first-order valence-corrected chi connectivity index (χ1v) is 5.66. The summed E-state index contributed by atoms with van der Waals surface area (Å²) in [5.74, 6) is -0.0628. The van der Waals surface area contributed by atoms with Crippen molar-refractivity contribution in [2.75, 3.05) is 13.1 Å². The molecule has 0 heterocycles. The Labute approximate surface area is 92.7 Å². The normalized spacial score (nSPS) is 10.1. The maximum atomic E-state index is 11.8. The van der Waals surface area contributed by atoms with Crippen LogP contribution in [0.15, 0.2) is 12.2 Å². The lowest BCUT2D eigenvalue weighted by molar-refractivity contribution is -0.134. The maximum Gasteiger partial charge on any atom is 0.278 e. The molecule has 0 rings (SSSR count). The lowest BCUT2D eigenvalue weighted by atomic mass is 10.1. The van der Waals surface area contributed by atoms with Crippen LogP contribution < -0.4 is 10.9 Å². The molecule has 0 aliphatic rings. The fourth-order valence-corrected chi connectivity index (χ4v) is 1.17. The van der Waals surface area contributed by atoms with Crippen molar-refractivity contribution < 1.29 is 4.79 Å². The second kappa shape index (κ2) is 8.44. The van der Waals surface area contributed by atoms with Gasteiger partial charge in [0, 0.05) is 18.7 Å². The molecule has 4 heteroatoms. The molecule has 0 unspecified atom stereocenters. The van der Waals surface area contributed by atoms with Gasteiger partial charge in [0.05, 0.1) is 0 Å². The molecule has 2 N–H and O–H groups in total. The minimum atomic E-state index is -0.0628.